The summed E-state index contributed by atoms with van der Waals surface area (Å²) in [5, 5.41) is 28.3. The molecule has 2 aromatic carbocycles. The summed E-state index contributed by atoms with van der Waals surface area (Å²) >= 11 is 0. The number of carbonyl (C=O) groups is 2. The monoisotopic (exact) mass is 542 g/mol. The predicted molar refractivity (Wildman–Crippen MR) is 135 cm³/mol. The van der Waals surface area contributed by atoms with Gasteiger partial charge >= 0.3 is 30.8 Å². The minimum absolute atomic E-state index is 0. The van der Waals surface area contributed by atoms with E-state index in [2.05, 4.69) is 4.74 Å². The van der Waals surface area contributed by atoms with Crippen LogP contribution in [0.2, 0.25) is 0 Å². The number of hydrogen-bond donors (Lipinski definition) is 3. The summed E-state index contributed by atoms with van der Waals surface area (Å²) in [6, 6.07) is 9.29. The number of aromatic carboxylic acids is 1. The van der Waals surface area contributed by atoms with Gasteiger partial charge in [-0.2, -0.15) is 0 Å². The van der Waals surface area contributed by atoms with Gasteiger partial charge in [0.2, 0.25) is 0 Å². The number of carboxylic acids is 1. The van der Waals surface area contributed by atoms with Crippen molar-refractivity contribution in [1.82, 2.24) is 0 Å². The first-order chi connectivity index (χ1) is 17.8. The molecule has 12 heteroatoms. The summed E-state index contributed by atoms with van der Waals surface area (Å²) in [7, 11) is 4.29. The third-order valence-electron chi connectivity index (χ3n) is 6.39. The van der Waals surface area contributed by atoms with E-state index in [1.807, 2.05) is 0 Å². The fourth-order valence-electron chi connectivity index (χ4n) is 4.32. The van der Waals surface area contributed by atoms with Crippen molar-refractivity contribution in [1.29, 1.82) is 0 Å². The molecule has 2 fully saturated rings. The fourth-order valence-corrected chi connectivity index (χ4v) is 4.32. The van der Waals surface area contributed by atoms with E-state index in [0.717, 1.165) is 38.5 Å². The van der Waals surface area contributed by atoms with E-state index >= 15 is 0 Å². The molecule has 2 saturated carbocycles. The molecule has 210 valence electrons. The normalized spacial score (nSPS) is 21.3. The first-order valence-electron chi connectivity index (χ1n) is 12.1. The van der Waals surface area contributed by atoms with Crippen molar-refractivity contribution < 1.29 is 72.9 Å². The number of hydrogen-bond acceptors (Lipinski definition) is 10. The van der Waals surface area contributed by atoms with Crippen LogP contribution in [0.3, 0.4) is 0 Å². The predicted octanol–water partition coefficient (Wildman–Crippen LogP) is 0.287. The molecule has 0 radical (unpaired) electrons. The van der Waals surface area contributed by atoms with Gasteiger partial charge in [-0.25, -0.2) is 9.59 Å². The second kappa shape index (κ2) is 16.2. The van der Waals surface area contributed by atoms with Gasteiger partial charge < -0.3 is 44.5 Å². The van der Waals surface area contributed by atoms with Crippen molar-refractivity contribution in [3.8, 4) is 23.0 Å². The zero-order chi connectivity index (χ0) is 26.9. The number of aliphatic hydroxyl groups is 2. The molecule has 4 N–H and O–H groups in total. The molecule has 2 aliphatic rings. The standard InChI is InChI=1S/C14H18O5.C13H16O5.Li.H2O/c1-17-13-8-9(14(16)18-2)6-7-12(13)19-11-5-3-4-10(11)15;1-17-12-7-8(13(15)16)5-6-11(12)18-10-4-2-3-9(10)14;;/h6-8,10-11,15H,3-5H2,1-2H3;5-7,9-10,14H,2-4H2,1H3,(H,15,16);;1H2/q;;+1;/p-1/t10-,11-;9-,10-;;/m11../s1. The van der Waals surface area contributed by atoms with Gasteiger partial charge in [0.25, 0.3) is 0 Å². The molecule has 0 spiro atoms. The maximum absolute atomic E-state index is 11.4. The minimum Gasteiger partial charge on any atom is -0.870 e. The van der Waals surface area contributed by atoms with Crippen LogP contribution in [0.15, 0.2) is 36.4 Å². The van der Waals surface area contributed by atoms with E-state index in [9.17, 15) is 19.8 Å². The Morgan fingerprint density at radius 1 is 0.718 bits per heavy atom. The van der Waals surface area contributed by atoms with Crippen LogP contribution in [0.4, 0.5) is 0 Å². The summed E-state index contributed by atoms with van der Waals surface area (Å²) < 4.78 is 26.4. The summed E-state index contributed by atoms with van der Waals surface area (Å²) in [6.45, 7) is 0. The molecule has 4 rings (SSSR count). The molecular weight excluding hydrogens is 507 g/mol. The average molecular weight is 543 g/mol. The van der Waals surface area contributed by atoms with Crippen LogP contribution in [-0.4, -0.2) is 78.5 Å². The number of aliphatic hydroxyl groups excluding tert-OH is 2. The Hall–Kier alpha value is -2.94. The summed E-state index contributed by atoms with van der Waals surface area (Å²) in [6.07, 6.45) is 3.64. The van der Waals surface area contributed by atoms with Crippen molar-refractivity contribution in [2.24, 2.45) is 0 Å². The molecule has 2 aliphatic carbocycles. The van der Waals surface area contributed by atoms with E-state index < -0.39 is 24.1 Å². The van der Waals surface area contributed by atoms with E-state index in [1.54, 1.807) is 24.3 Å². The van der Waals surface area contributed by atoms with Crippen molar-refractivity contribution in [2.75, 3.05) is 21.3 Å². The van der Waals surface area contributed by atoms with Gasteiger partial charge in [0.15, 0.2) is 23.0 Å². The van der Waals surface area contributed by atoms with Gasteiger partial charge in [-0.05, 0) is 74.9 Å². The second-order valence-corrected chi connectivity index (χ2v) is 8.84. The van der Waals surface area contributed by atoms with Gasteiger partial charge in [-0.15, -0.1) is 0 Å². The van der Waals surface area contributed by atoms with Gasteiger partial charge in [0.05, 0.1) is 44.7 Å². The van der Waals surface area contributed by atoms with Crippen molar-refractivity contribution >= 4 is 11.9 Å². The Balaban J connectivity index is 0.000000371. The molecule has 2 aromatic rings. The number of carboxylic acid groups (broad SMARTS) is 1. The van der Waals surface area contributed by atoms with E-state index in [0.29, 0.717) is 28.6 Å². The maximum Gasteiger partial charge on any atom is 1.00 e. The number of carbonyl (C=O) groups excluding carboxylic acids is 1. The number of rotatable bonds is 8. The summed E-state index contributed by atoms with van der Waals surface area (Å²) in [5.74, 6) is 0.386. The van der Waals surface area contributed by atoms with Crippen molar-refractivity contribution in [2.45, 2.75) is 62.9 Å². The van der Waals surface area contributed by atoms with Crippen LogP contribution >= 0.6 is 0 Å². The molecule has 0 aromatic heterocycles. The molecule has 4 atom stereocenters. The zero-order valence-electron chi connectivity index (χ0n) is 22.7. The Morgan fingerprint density at radius 2 is 1.15 bits per heavy atom. The Labute approximate surface area is 239 Å². The Bertz CT molecular complexity index is 1080. The summed E-state index contributed by atoms with van der Waals surface area (Å²) in [4.78, 5) is 22.3. The molecule has 39 heavy (non-hydrogen) atoms. The fraction of sp³-hybridized carbons (Fsp3) is 0.481. The average Bonchev–Trinajstić information content (AvgIpc) is 3.51. The molecular formula is C27H35LiO11. The van der Waals surface area contributed by atoms with Gasteiger partial charge in [0.1, 0.15) is 12.2 Å². The van der Waals surface area contributed by atoms with E-state index in [4.69, 9.17) is 24.1 Å². The zero-order valence-corrected chi connectivity index (χ0v) is 22.7. The smallest absolute Gasteiger partial charge is 0.870 e. The third kappa shape index (κ3) is 9.05. The van der Waals surface area contributed by atoms with Crippen LogP contribution in [0.5, 0.6) is 23.0 Å². The maximum atomic E-state index is 11.4. The molecule has 11 nitrogen and oxygen atoms in total. The van der Waals surface area contributed by atoms with Crippen molar-refractivity contribution in [3.05, 3.63) is 47.5 Å². The van der Waals surface area contributed by atoms with Crippen molar-refractivity contribution in [3.63, 3.8) is 0 Å². The summed E-state index contributed by atoms with van der Waals surface area (Å²) in [5.41, 5.74) is 0.546. The Morgan fingerprint density at radius 3 is 1.51 bits per heavy atom. The topological polar surface area (TPSA) is 171 Å². The van der Waals surface area contributed by atoms with Gasteiger partial charge in [-0.3, -0.25) is 0 Å². The van der Waals surface area contributed by atoms with Crippen LogP contribution in [0.25, 0.3) is 0 Å². The molecule has 0 bridgehead atoms. The number of methoxy groups -OCH3 is 3. The Kier molecular flexibility index (Phi) is 14.2. The SMILES string of the molecule is COC(=O)c1ccc(O[C@@H]2CCC[C@H]2O)c(OC)c1.COc1cc(C(=O)O)ccc1O[C@@H]1CCC[C@H]1O.[Li+].[OH-]. The van der Waals surface area contributed by atoms with Gasteiger partial charge in [-0.1, -0.05) is 0 Å². The first kappa shape index (κ1) is 34.1. The quantitative estimate of drug-likeness (QED) is 0.309. The third-order valence-corrected chi connectivity index (χ3v) is 6.39. The van der Waals surface area contributed by atoms with Gasteiger partial charge in [0, 0.05) is 0 Å². The largest absolute Gasteiger partial charge is 1.00 e. The molecule has 0 amide bonds. The molecule has 0 unspecified atom stereocenters. The van der Waals surface area contributed by atoms with E-state index in [-0.39, 0.29) is 42.1 Å². The van der Waals surface area contributed by atoms with Crippen LogP contribution in [-0.2, 0) is 4.74 Å². The molecule has 0 saturated heterocycles. The van der Waals surface area contributed by atoms with E-state index in [1.165, 1.54) is 33.5 Å². The molecule has 0 heterocycles. The van der Waals surface area contributed by atoms with Crippen LogP contribution < -0.4 is 37.8 Å². The first-order valence-corrected chi connectivity index (χ1v) is 12.1. The number of benzene rings is 2. The van der Waals surface area contributed by atoms with Crippen LogP contribution in [0, 0.1) is 0 Å². The number of ether oxygens (including phenoxy) is 5. The number of esters is 1. The minimum atomic E-state index is -1.01. The second-order valence-electron chi connectivity index (χ2n) is 8.84. The van der Waals surface area contributed by atoms with Crippen LogP contribution in [0.1, 0.15) is 59.2 Å². The molecule has 0 aliphatic heterocycles.